The molecule has 1 aliphatic heterocycles. The number of carbonyl (C=O) groups excluding carboxylic acids is 2. The summed E-state index contributed by atoms with van der Waals surface area (Å²) >= 11 is 1.73. The van der Waals surface area contributed by atoms with Crippen LogP contribution >= 0.6 is 11.8 Å². The van der Waals surface area contributed by atoms with Gasteiger partial charge in [0.15, 0.2) is 5.78 Å². The van der Waals surface area contributed by atoms with Crippen molar-refractivity contribution in [3.8, 4) is 0 Å². The first-order chi connectivity index (χ1) is 10.6. The molecule has 0 bridgehead atoms. The Hall–Kier alpha value is -1.33. The van der Waals surface area contributed by atoms with E-state index in [1.807, 2.05) is 18.2 Å². The maximum Gasteiger partial charge on any atom is 0.250 e. The van der Waals surface area contributed by atoms with E-state index >= 15 is 0 Å². The number of hydrogen-bond acceptors (Lipinski definition) is 4. The van der Waals surface area contributed by atoms with E-state index in [0.29, 0.717) is 5.92 Å². The van der Waals surface area contributed by atoms with Gasteiger partial charge in [0, 0.05) is 22.1 Å². The molecule has 118 valence electrons. The van der Waals surface area contributed by atoms with E-state index in [4.69, 9.17) is 5.21 Å². The monoisotopic (exact) mass is 319 g/mol. The number of carbonyl (C=O) groups is 2. The van der Waals surface area contributed by atoms with Crippen molar-refractivity contribution in [3.05, 3.63) is 29.3 Å². The topological polar surface area (TPSA) is 66.4 Å². The van der Waals surface area contributed by atoms with E-state index in [2.05, 4.69) is 0 Å². The highest BCUT2D eigenvalue weighted by Gasteiger charge is 2.35. The molecule has 22 heavy (non-hydrogen) atoms. The molecule has 1 aliphatic carbocycles. The number of fused-ring (bicyclic) bond motifs is 2. The average Bonchev–Trinajstić information content (AvgIpc) is 2.71. The van der Waals surface area contributed by atoms with Gasteiger partial charge in [-0.3, -0.25) is 14.8 Å². The van der Waals surface area contributed by atoms with Gasteiger partial charge in [-0.25, -0.2) is 5.48 Å². The number of hydroxylamine groups is 1. The van der Waals surface area contributed by atoms with Crippen LogP contribution in [-0.2, 0) is 4.79 Å². The first-order valence-corrected chi connectivity index (χ1v) is 8.85. The van der Waals surface area contributed by atoms with Crippen molar-refractivity contribution in [3.63, 3.8) is 0 Å². The van der Waals surface area contributed by atoms with Crippen molar-refractivity contribution >= 4 is 23.5 Å². The van der Waals surface area contributed by atoms with Crippen LogP contribution in [0.15, 0.2) is 23.1 Å². The molecular formula is C17H21NO3S. The number of thioether (sulfide) groups is 1. The zero-order valence-electron chi connectivity index (χ0n) is 12.7. The Kier molecular flexibility index (Phi) is 4.54. The summed E-state index contributed by atoms with van der Waals surface area (Å²) < 4.78 is 0. The maximum atomic E-state index is 12.8. The van der Waals surface area contributed by atoms with Gasteiger partial charge in [-0.05, 0) is 43.4 Å². The third-order valence-corrected chi connectivity index (χ3v) is 6.22. The Labute approximate surface area is 134 Å². The fourth-order valence-corrected chi connectivity index (χ4v) is 4.86. The number of ketones is 1. The minimum absolute atomic E-state index is 0.173. The number of amides is 1. The number of rotatable bonds is 2. The predicted octanol–water partition coefficient (Wildman–Crippen LogP) is 3.39. The molecule has 1 fully saturated rings. The number of Topliss-reactive ketones (excluding diaryl/α,β-unsaturated/α-hetero) is 1. The molecule has 1 aromatic rings. The molecule has 3 atom stereocenters. The van der Waals surface area contributed by atoms with Gasteiger partial charge >= 0.3 is 0 Å². The molecule has 1 amide bonds. The van der Waals surface area contributed by atoms with Gasteiger partial charge in [-0.2, -0.15) is 0 Å². The van der Waals surface area contributed by atoms with Crippen LogP contribution in [0.25, 0.3) is 0 Å². The van der Waals surface area contributed by atoms with Gasteiger partial charge in [0.25, 0.3) is 5.91 Å². The molecule has 0 radical (unpaired) electrons. The van der Waals surface area contributed by atoms with Crippen LogP contribution < -0.4 is 5.48 Å². The van der Waals surface area contributed by atoms with Gasteiger partial charge in [-0.1, -0.05) is 18.9 Å². The first-order valence-electron chi connectivity index (χ1n) is 7.86. The van der Waals surface area contributed by atoms with Crippen LogP contribution in [0.2, 0.25) is 0 Å². The third kappa shape index (κ3) is 2.79. The molecule has 1 saturated carbocycles. The summed E-state index contributed by atoms with van der Waals surface area (Å²) in [7, 11) is 0. The van der Waals surface area contributed by atoms with Crippen LogP contribution in [0.1, 0.15) is 54.4 Å². The minimum Gasteiger partial charge on any atom is -0.294 e. The van der Waals surface area contributed by atoms with Crippen LogP contribution in [0.4, 0.5) is 0 Å². The maximum absolute atomic E-state index is 12.8. The second-order valence-corrected chi connectivity index (χ2v) is 7.34. The largest absolute Gasteiger partial charge is 0.294 e. The summed E-state index contributed by atoms with van der Waals surface area (Å²) in [5.74, 6) is 1.05. The van der Waals surface area contributed by atoms with Gasteiger partial charge < -0.3 is 0 Å². The summed E-state index contributed by atoms with van der Waals surface area (Å²) in [6.07, 6.45) is 4.53. The van der Waals surface area contributed by atoms with Crippen molar-refractivity contribution in [2.75, 3.05) is 5.75 Å². The van der Waals surface area contributed by atoms with Crippen molar-refractivity contribution in [2.45, 2.75) is 43.4 Å². The van der Waals surface area contributed by atoms with Crippen LogP contribution in [0.5, 0.6) is 0 Å². The predicted molar refractivity (Wildman–Crippen MR) is 85.3 cm³/mol. The fourth-order valence-electron chi connectivity index (χ4n) is 3.53. The molecule has 2 N–H and O–H groups in total. The molecule has 0 spiro atoms. The molecule has 0 saturated heterocycles. The van der Waals surface area contributed by atoms with Crippen LogP contribution in [-0.4, -0.2) is 22.7 Å². The molecule has 0 aromatic heterocycles. The van der Waals surface area contributed by atoms with E-state index in [1.165, 1.54) is 6.42 Å². The summed E-state index contributed by atoms with van der Waals surface area (Å²) in [5.41, 5.74) is 3.33. The van der Waals surface area contributed by atoms with E-state index in [9.17, 15) is 9.59 Å². The van der Waals surface area contributed by atoms with Gasteiger partial charge in [0.1, 0.15) is 0 Å². The Bertz CT molecular complexity index is 602. The van der Waals surface area contributed by atoms with Crippen molar-refractivity contribution in [1.29, 1.82) is 0 Å². The van der Waals surface area contributed by atoms with Gasteiger partial charge in [-0.15, -0.1) is 11.8 Å². The van der Waals surface area contributed by atoms with E-state index in [1.54, 1.807) is 24.2 Å². The second-order valence-electron chi connectivity index (χ2n) is 6.28. The molecule has 4 nitrogen and oxygen atoms in total. The lowest BCUT2D eigenvalue weighted by atomic mass is 9.76. The highest BCUT2D eigenvalue weighted by atomic mass is 32.2. The first kappa shape index (κ1) is 15.6. The quantitative estimate of drug-likeness (QED) is 0.648. The molecule has 1 heterocycles. The van der Waals surface area contributed by atoms with Gasteiger partial charge in [0.2, 0.25) is 0 Å². The Morgan fingerprint density at radius 3 is 2.91 bits per heavy atom. The summed E-state index contributed by atoms with van der Waals surface area (Å²) in [6, 6.07) is 5.63. The lowest BCUT2D eigenvalue weighted by Gasteiger charge is -2.28. The smallest absolute Gasteiger partial charge is 0.250 e. The average molecular weight is 319 g/mol. The Balaban J connectivity index is 1.92. The molecule has 5 heteroatoms. The Morgan fingerprint density at radius 2 is 2.14 bits per heavy atom. The lowest BCUT2D eigenvalue weighted by Crippen LogP contribution is -2.27. The molecule has 2 aliphatic rings. The van der Waals surface area contributed by atoms with E-state index in [-0.39, 0.29) is 11.7 Å². The second kappa shape index (κ2) is 6.42. The summed E-state index contributed by atoms with van der Waals surface area (Å²) in [5, 5.41) is 8.77. The zero-order valence-corrected chi connectivity index (χ0v) is 13.5. The molecule has 3 rings (SSSR count). The zero-order chi connectivity index (χ0) is 15.7. The van der Waals surface area contributed by atoms with E-state index < -0.39 is 11.8 Å². The minimum atomic E-state index is -0.434. The molecule has 1 aromatic carbocycles. The standard InChI is InChI=1S/C17H21NO3S/c1-10(17(20)18-21)11-6-7-14-15(8-11)22-9-12-4-2-3-5-13(12)16(14)19/h6-8,10,12-13,21H,2-5,9H2,1H3,(H,18,20)/t10?,12-,13+/m1/s1. The third-order valence-electron chi connectivity index (χ3n) is 4.97. The fraction of sp³-hybridized carbons (Fsp3) is 0.529. The number of nitrogens with one attached hydrogen (secondary N) is 1. The molecular weight excluding hydrogens is 298 g/mol. The SMILES string of the molecule is CC(C(=O)NO)c1ccc2c(c1)SC[C@H]1CCCC[C@@H]1C2=O. The van der Waals surface area contributed by atoms with Crippen molar-refractivity contribution in [2.24, 2.45) is 11.8 Å². The normalized spacial score (nSPS) is 25.6. The molecule has 1 unspecified atom stereocenters. The van der Waals surface area contributed by atoms with Gasteiger partial charge in [0.05, 0.1) is 5.92 Å². The van der Waals surface area contributed by atoms with Crippen LogP contribution in [0.3, 0.4) is 0 Å². The highest BCUT2D eigenvalue weighted by molar-refractivity contribution is 7.99. The summed E-state index contributed by atoms with van der Waals surface area (Å²) in [4.78, 5) is 25.4. The number of benzene rings is 1. The van der Waals surface area contributed by atoms with Crippen molar-refractivity contribution in [1.82, 2.24) is 5.48 Å². The number of hydrogen-bond donors (Lipinski definition) is 2. The lowest BCUT2D eigenvalue weighted by molar-refractivity contribution is -0.130. The van der Waals surface area contributed by atoms with E-state index in [0.717, 1.165) is 41.0 Å². The van der Waals surface area contributed by atoms with Crippen molar-refractivity contribution < 1.29 is 14.8 Å². The van der Waals surface area contributed by atoms with Crippen LogP contribution in [0, 0.1) is 11.8 Å². The Morgan fingerprint density at radius 1 is 1.36 bits per heavy atom. The highest BCUT2D eigenvalue weighted by Crippen LogP contribution is 2.42. The summed E-state index contributed by atoms with van der Waals surface area (Å²) in [6.45, 7) is 1.75.